The largest absolute Gasteiger partial charge is 0.355 e. The van der Waals surface area contributed by atoms with Gasteiger partial charge in [-0.15, -0.1) is 0 Å². The van der Waals surface area contributed by atoms with Crippen LogP contribution in [-0.2, 0) is 4.79 Å². The smallest absolute Gasteiger partial charge is 0.239 e. The van der Waals surface area contributed by atoms with Gasteiger partial charge in [-0.2, -0.15) is 0 Å². The van der Waals surface area contributed by atoms with E-state index in [0.29, 0.717) is 18.2 Å². The van der Waals surface area contributed by atoms with E-state index >= 15 is 0 Å². The molecule has 1 aromatic heterocycles. The van der Waals surface area contributed by atoms with E-state index in [1.807, 2.05) is 6.92 Å². The number of rotatable bonds is 6. The Bertz CT molecular complexity index is 370. The summed E-state index contributed by atoms with van der Waals surface area (Å²) in [7, 11) is 1.77. The Morgan fingerprint density at radius 2 is 2.29 bits per heavy atom. The SMILES string of the molecule is CCCNC(=O)CN(C)c1cncc(NN)n1. The normalized spacial score (nSPS) is 9.82. The maximum atomic E-state index is 11.5. The molecule has 0 aromatic carbocycles. The third-order valence-corrected chi connectivity index (χ3v) is 2.11. The number of nitrogen functional groups attached to an aromatic ring is 1. The number of hydrazine groups is 1. The zero-order chi connectivity index (χ0) is 12.7. The number of amides is 1. The van der Waals surface area contributed by atoms with Crippen LogP contribution in [0.3, 0.4) is 0 Å². The monoisotopic (exact) mass is 238 g/mol. The molecular weight excluding hydrogens is 220 g/mol. The second-order valence-electron chi connectivity index (χ2n) is 3.61. The van der Waals surface area contributed by atoms with E-state index in [4.69, 9.17) is 5.84 Å². The third-order valence-electron chi connectivity index (χ3n) is 2.11. The lowest BCUT2D eigenvalue weighted by atomic mass is 10.4. The van der Waals surface area contributed by atoms with Crippen molar-refractivity contribution in [1.29, 1.82) is 0 Å². The summed E-state index contributed by atoms with van der Waals surface area (Å²) in [6.07, 6.45) is 4.00. The minimum atomic E-state index is -0.0396. The van der Waals surface area contributed by atoms with Gasteiger partial charge in [0.1, 0.15) is 5.82 Å². The molecule has 1 aromatic rings. The maximum Gasteiger partial charge on any atom is 0.239 e. The van der Waals surface area contributed by atoms with Crippen molar-refractivity contribution in [1.82, 2.24) is 15.3 Å². The second-order valence-corrected chi connectivity index (χ2v) is 3.61. The van der Waals surface area contributed by atoms with Gasteiger partial charge in [0, 0.05) is 13.6 Å². The molecule has 0 radical (unpaired) electrons. The zero-order valence-corrected chi connectivity index (χ0v) is 10.1. The number of nitrogens with one attached hydrogen (secondary N) is 2. The van der Waals surface area contributed by atoms with Crippen molar-refractivity contribution in [2.24, 2.45) is 5.84 Å². The fraction of sp³-hybridized carbons (Fsp3) is 0.500. The Labute approximate surface area is 100 Å². The summed E-state index contributed by atoms with van der Waals surface area (Å²) in [6, 6.07) is 0. The molecule has 0 saturated carbocycles. The number of carbonyl (C=O) groups excluding carboxylic acids is 1. The van der Waals surface area contributed by atoms with Gasteiger partial charge in [-0.3, -0.25) is 9.78 Å². The molecule has 94 valence electrons. The van der Waals surface area contributed by atoms with Gasteiger partial charge in [0.05, 0.1) is 18.9 Å². The van der Waals surface area contributed by atoms with E-state index < -0.39 is 0 Å². The number of hydrogen-bond acceptors (Lipinski definition) is 6. The average molecular weight is 238 g/mol. The van der Waals surface area contributed by atoms with Crippen LogP contribution in [0.4, 0.5) is 11.6 Å². The zero-order valence-electron chi connectivity index (χ0n) is 10.1. The Morgan fingerprint density at radius 1 is 1.53 bits per heavy atom. The minimum Gasteiger partial charge on any atom is -0.355 e. The van der Waals surface area contributed by atoms with Gasteiger partial charge in [-0.25, -0.2) is 10.8 Å². The van der Waals surface area contributed by atoms with Crippen LogP contribution in [0.1, 0.15) is 13.3 Å². The van der Waals surface area contributed by atoms with Crippen LogP contribution in [0.5, 0.6) is 0 Å². The van der Waals surface area contributed by atoms with Crippen LogP contribution in [-0.4, -0.2) is 36.0 Å². The van der Waals surface area contributed by atoms with E-state index in [-0.39, 0.29) is 12.5 Å². The van der Waals surface area contributed by atoms with E-state index in [9.17, 15) is 4.79 Å². The molecule has 0 aliphatic heterocycles. The molecule has 7 heteroatoms. The average Bonchev–Trinajstić information content (AvgIpc) is 2.36. The third kappa shape index (κ3) is 4.23. The topological polar surface area (TPSA) is 96.2 Å². The fourth-order valence-electron chi connectivity index (χ4n) is 1.23. The standard InChI is InChI=1S/C10H18N6O/c1-3-4-13-10(17)7-16(2)9-6-12-5-8(14-9)15-11/h5-6H,3-4,7,11H2,1-2H3,(H,13,17)(H,14,15). The van der Waals surface area contributed by atoms with Gasteiger partial charge in [0.15, 0.2) is 5.82 Å². The number of likely N-dealkylation sites (N-methyl/N-ethyl adjacent to an activating group) is 1. The highest BCUT2D eigenvalue weighted by atomic mass is 16.2. The molecule has 0 aliphatic carbocycles. The van der Waals surface area contributed by atoms with E-state index in [0.717, 1.165) is 6.42 Å². The van der Waals surface area contributed by atoms with Crippen molar-refractivity contribution in [3.63, 3.8) is 0 Å². The first kappa shape index (κ1) is 13.2. The molecule has 7 nitrogen and oxygen atoms in total. The molecule has 0 atom stereocenters. The van der Waals surface area contributed by atoms with Crippen molar-refractivity contribution < 1.29 is 4.79 Å². The van der Waals surface area contributed by atoms with Gasteiger partial charge >= 0.3 is 0 Å². The highest BCUT2D eigenvalue weighted by Gasteiger charge is 2.08. The number of aromatic nitrogens is 2. The van der Waals surface area contributed by atoms with Gasteiger partial charge < -0.3 is 15.6 Å². The summed E-state index contributed by atoms with van der Waals surface area (Å²) in [5.41, 5.74) is 2.41. The van der Waals surface area contributed by atoms with Crippen LogP contribution in [0.15, 0.2) is 12.4 Å². The van der Waals surface area contributed by atoms with Gasteiger partial charge in [0.2, 0.25) is 5.91 Å². The minimum absolute atomic E-state index is 0.0396. The van der Waals surface area contributed by atoms with Crippen molar-refractivity contribution in [2.75, 3.05) is 30.5 Å². The first-order chi connectivity index (χ1) is 8.17. The van der Waals surface area contributed by atoms with Gasteiger partial charge in [-0.05, 0) is 6.42 Å². The Balaban J connectivity index is 2.56. The fourth-order valence-corrected chi connectivity index (χ4v) is 1.23. The van der Waals surface area contributed by atoms with Crippen LogP contribution in [0.2, 0.25) is 0 Å². The summed E-state index contributed by atoms with van der Waals surface area (Å²) in [5, 5.41) is 2.79. The molecule has 0 unspecified atom stereocenters. The predicted octanol–water partition coefficient (Wildman–Crippen LogP) is -0.275. The van der Waals surface area contributed by atoms with Crippen LogP contribution < -0.4 is 21.5 Å². The van der Waals surface area contributed by atoms with E-state index in [2.05, 4.69) is 20.7 Å². The molecule has 0 spiro atoms. The highest BCUT2D eigenvalue weighted by molar-refractivity contribution is 5.80. The van der Waals surface area contributed by atoms with E-state index in [1.165, 1.54) is 6.20 Å². The number of nitrogens with two attached hydrogens (primary N) is 1. The Hall–Kier alpha value is -1.89. The lowest BCUT2D eigenvalue weighted by Gasteiger charge is -2.17. The molecule has 1 amide bonds. The molecule has 0 saturated heterocycles. The van der Waals surface area contributed by atoms with E-state index in [1.54, 1.807) is 18.1 Å². The predicted molar refractivity (Wildman–Crippen MR) is 66.4 cm³/mol. The number of carbonyl (C=O) groups is 1. The lowest BCUT2D eigenvalue weighted by molar-refractivity contribution is -0.119. The summed E-state index contributed by atoms with van der Waals surface area (Å²) in [5.74, 6) is 6.25. The first-order valence-electron chi connectivity index (χ1n) is 5.44. The lowest BCUT2D eigenvalue weighted by Crippen LogP contribution is -2.35. The van der Waals surface area contributed by atoms with Crippen LogP contribution >= 0.6 is 0 Å². The number of anilines is 2. The second kappa shape index (κ2) is 6.64. The molecule has 0 bridgehead atoms. The number of hydrogen-bond donors (Lipinski definition) is 3. The molecule has 1 heterocycles. The van der Waals surface area contributed by atoms with Crippen molar-refractivity contribution in [3.05, 3.63) is 12.4 Å². The molecule has 0 aliphatic rings. The molecule has 1 rings (SSSR count). The van der Waals surface area contributed by atoms with Crippen molar-refractivity contribution in [3.8, 4) is 0 Å². The maximum absolute atomic E-state index is 11.5. The summed E-state index contributed by atoms with van der Waals surface area (Å²) in [6.45, 7) is 2.93. The van der Waals surface area contributed by atoms with Crippen molar-refractivity contribution >= 4 is 17.5 Å². The first-order valence-corrected chi connectivity index (χ1v) is 5.44. The van der Waals surface area contributed by atoms with Gasteiger partial charge in [0.25, 0.3) is 0 Å². The van der Waals surface area contributed by atoms with Crippen LogP contribution in [0.25, 0.3) is 0 Å². The Morgan fingerprint density at radius 3 is 2.94 bits per heavy atom. The van der Waals surface area contributed by atoms with Crippen molar-refractivity contribution in [2.45, 2.75) is 13.3 Å². The molecule has 17 heavy (non-hydrogen) atoms. The quantitative estimate of drug-likeness (QED) is 0.466. The van der Waals surface area contributed by atoms with Crippen LogP contribution in [0, 0.1) is 0 Å². The highest BCUT2D eigenvalue weighted by Crippen LogP contribution is 2.09. The number of nitrogens with zero attached hydrogens (tertiary/aromatic N) is 3. The Kier molecular flexibility index (Phi) is 5.15. The summed E-state index contributed by atoms with van der Waals surface area (Å²) < 4.78 is 0. The summed E-state index contributed by atoms with van der Waals surface area (Å²) in [4.78, 5) is 21.3. The molecule has 4 N–H and O–H groups in total. The molecular formula is C10H18N6O. The van der Waals surface area contributed by atoms with Gasteiger partial charge in [-0.1, -0.05) is 6.92 Å². The molecule has 0 fully saturated rings. The summed E-state index contributed by atoms with van der Waals surface area (Å²) >= 11 is 0.